The van der Waals surface area contributed by atoms with Crippen LogP contribution in [0.25, 0.3) is 0 Å². The van der Waals surface area contributed by atoms with Gasteiger partial charge >= 0.3 is 5.97 Å². The number of benzene rings is 1. The molecular weight excluding hydrogens is 385 g/mol. The Morgan fingerprint density at radius 3 is 2.33 bits per heavy atom. The van der Waals surface area contributed by atoms with E-state index in [9.17, 15) is 9.59 Å². The summed E-state index contributed by atoms with van der Waals surface area (Å²) in [4.78, 5) is 22.4. The van der Waals surface area contributed by atoms with E-state index in [2.05, 4.69) is 4.74 Å². The van der Waals surface area contributed by atoms with Crippen LogP contribution in [0.4, 0.5) is 0 Å². The first-order valence-corrected chi connectivity index (χ1v) is 4.48. The summed E-state index contributed by atoms with van der Waals surface area (Å²) in [7, 11) is 0. The quantitative estimate of drug-likeness (QED) is 0.335. The molecule has 15 heavy (non-hydrogen) atoms. The molecule has 0 aliphatic rings. The van der Waals surface area contributed by atoms with Gasteiger partial charge in [0.15, 0.2) is 5.78 Å². The number of Topliss-reactive ketones (excluding diaryl/α,β-unsaturated/α-hetero) is 1. The summed E-state index contributed by atoms with van der Waals surface area (Å²) in [5.41, 5.74) is 0.542. The maximum absolute atomic E-state index is 11.4. The summed E-state index contributed by atoms with van der Waals surface area (Å²) in [6, 6.07) is 8.71. The second-order valence-corrected chi connectivity index (χ2v) is 2.77. The molecule has 0 aliphatic carbocycles. The number of hydrogen-bond acceptors (Lipinski definition) is 3. The first kappa shape index (κ1) is 14.3. The number of carbonyl (C=O) groups is 2. The molecule has 0 unspecified atom stereocenters. The van der Waals surface area contributed by atoms with Crippen molar-refractivity contribution in [3.8, 4) is 0 Å². The molecule has 0 N–H and O–H groups in total. The van der Waals surface area contributed by atoms with Crippen molar-refractivity contribution in [2.45, 2.75) is 13.3 Å². The van der Waals surface area contributed by atoms with Crippen LogP contribution >= 0.6 is 0 Å². The van der Waals surface area contributed by atoms with E-state index in [-0.39, 0.29) is 39.5 Å². The van der Waals surface area contributed by atoms with Crippen LogP contribution in [-0.4, -0.2) is 45.7 Å². The Bertz CT molecular complexity index is 322. The number of ether oxygens (including phenoxy) is 1. The third-order valence-corrected chi connectivity index (χ3v) is 1.71. The van der Waals surface area contributed by atoms with E-state index in [0.717, 1.165) is 0 Å². The van der Waals surface area contributed by atoms with Crippen LogP contribution in [0.2, 0.25) is 0 Å². The first-order chi connectivity index (χ1) is 6.74. The maximum Gasteiger partial charge on any atom is 0.313 e. The van der Waals surface area contributed by atoms with Crippen LogP contribution in [0.3, 0.4) is 0 Å². The van der Waals surface area contributed by atoms with E-state index in [1.54, 1.807) is 31.2 Å². The van der Waals surface area contributed by atoms with Crippen molar-refractivity contribution in [1.82, 2.24) is 0 Å². The van der Waals surface area contributed by atoms with Crippen LogP contribution in [0, 0.1) is 0 Å². The van der Waals surface area contributed by atoms with E-state index >= 15 is 0 Å². The zero-order chi connectivity index (χ0) is 10.4. The predicted octanol–water partition coefficient (Wildman–Crippen LogP) is 1.44. The molecular formula is C11H12O3Tl. The fourth-order valence-electron chi connectivity index (χ4n) is 1.07. The molecule has 0 aromatic heterocycles. The molecule has 0 heterocycles. The summed E-state index contributed by atoms with van der Waals surface area (Å²) in [5.74, 6) is -0.676. The van der Waals surface area contributed by atoms with Gasteiger partial charge in [0.1, 0.15) is 6.42 Å². The van der Waals surface area contributed by atoms with Gasteiger partial charge < -0.3 is 4.74 Å². The Kier molecular flexibility index (Phi) is 7.20. The number of hydrogen-bond donors (Lipinski definition) is 0. The zero-order valence-electron chi connectivity index (χ0n) is 8.60. The van der Waals surface area contributed by atoms with Gasteiger partial charge in [-0.2, -0.15) is 0 Å². The second-order valence-electron chi connectivity index (χ2n) is 2.77. The second kappa shape index (κ2) is 7.56. The third kappa shape index (κ3) is 5.06. The van der Waals surface area contributed by atoms with E-state index < -0.39 is 5.97 Å². The molecule has 1 aromatic carbocycles. The van der Waals surface area contributed by atoms with Gasteiger partial charge in [-0.05, 0) is 6.92 Å². The molecule has 0 bridgehead atoms. The molecule has 0 saturated carbocycles. The minimum atomic E-state index is -0.471. The van der Waals surface area contributed by atoms with Gasteiger partial charge in [-0.25, -0.2) is 0 Å². The Hall–Kier alpha value is -0.718. The van der Waals surface area contributed by atoms with E-state index in [1.807, 2.05) is 6.07 Å². The summed E-state index contributed by atoms with van der Waals surface area (Å²) in [6.07, 6.45) is -0.183. The van der Waals surface area contributed by atoms with Gasteiger partial charge in [-0.3, -0.25) is 9.59 Å². The van der Waals surface area contributed by atoms with Gasteiger partial charge in [0.25, 0.3) is 0 Å². The van der Waals surface area contributed by atoms with Crippen molar-refractivity contribution in [3.05, 3.63) is 35.9 Å². The third-order valence-electron chi connectivity index (χ3n) is 1.71. The molecule has 0 amide bonds. The average molecular weight is 397 g/mol. The van der Waals surface area contributed by atoms with Gasteiger partial charge in [0.05, 0.1) is 6.61 Å². The SMILES string of the molecule is CCOC(=O)CC(=O)c1ccccc1.[Tl]. The summed E-state index contributed by atoms with van der Waals surface area (Å²) >= 11 is 0. The molecule has 0 spiro atoms. The molecule has 1 rings (SSSR count). The van der Waals surface area contributed by atoms with Crippen LogP contribution in [-0.2, 0) is 9.53 Å². The van der Waals surface area contributed by atoms with Crippen molar-refractivity contribution in [1.29, 1.82) is 0 Å². The largest absolute Gasteiger partial charge is 0.466 e. The van der Waals surface area contributed by atoms with Gasteiger partial charge in [-0.1, -0.05) is 30.3 Å². The molecule has 1 radical (unpaired) electrons. The number of carbonyl (C=O) groups excluding carboxylic acids is 2. The normalized spacial score (nSPS) is 8.87. The Morgan fingerprint density at radius 1 is 1.20 bits per heavy atom. The van der Waals surface area contributed by atoms with Crippen molar-refractivity contribution in [2.24, 2.45) is 0 Å². The molecule has 0 saturated heterocycles. The van der Waals surface area contributed by atoms with E-state index in [4.69, 9.17) is 0 Å². The number of ketones is 1. The average Bonchev–Trinajstić information content (AvgIpc) is 2.19. The predicted molar refractivity (Wildman–Crippen MR) is 57.8 cm³/mol. The number of rotatable bonds is 4. The Labute approximate surface area is 109 Å². The Morgan fingerprint density at radius 2 is 1.80 bits per heavy atom. The molecule has 77 valence electrons. The molecule has 0 atom stereocenters. The minimum Gasteiger partial charge on any atom is -0.466 e. The molecule has 1 aromatic rings. The van der Waals surface area contributed by atoms with E-state index in [0.29, 0.717) is 12.2 Å². The van der Waals surface area contributed by atoms with Crippen LogP contribution in [0.15, 0.2) is 30.3 Å². The summed E-state index contributed by atoms with van der Waals surface area (Å²) in [5, 5.41) is 0. The maximum atomic E-state index is 11.4. The monoisotopic (exact) mass is 397 g/mol. The molecule has 4 heteroatoms. The van der Waals surface area contributed by atoms with Crippen LogP contribution < -0.4 is 0 Å². The van der Waals surface area contributed by atoms with Gasteiger partial charge in [0.2, 0.25) is 0 Å². The smallest absolute Gasteiger partial charge is 0.313 e. The zero-order valence-corrected chi connectivity index (χ0v) is 13.1. The van der Waals surface area contributed by atoms with Crippen molar-refractivity contribution < 1.29 is 14.3 Å². The number of esters is 1. The standard InChI is InChI=1S/C11H12O3.Tl/c1-2-14-11(13)8-10(12)9-6-4-3-5-7-9;/h3-7H,2,8H2,1H3;. The van der Waals surface area contributed by atoms with Crippen molar-refractivity contribution >= 4 is 39.1 Å². The first-order valence-electron chi connectivity index (χ1n) is 4.48. The van der Waals surface area contributed by atoms with Gasteiger partial charge in [0, 0.05) is 32.9 Å². The molecule has 3 nitrogen and oxygen atoms in total. The molecule has 0 aliphatic heterocycles. The van der Waals surface area contributed by atoms with Crippen molar-refractivity contribution in [3.63, 3.8) is 0 Å². The molecule has 0 fully saturated rings. The topological polar surface area (TPSA) is 43.4 Å². The van der Waals surface area contributed by atoms with Crippen molar-refractivity contribution in [2.75, 3.05) is 6.61 Å². The van der Waals surface area contributed by atoms with Crippen LogP contribution in [0.5, 0.6) is 0 Å². The fourth-order valence-corrected chi connectivity index (χ4v) is 1.07. The summed E-state index contributed by atoms with van der Waals surface area (Å²) in [6.45, 7) is 2.02. The van der Waals surface area contributed by atoms with Gasteiger partial charge in [-0.15, -0.1) is 0 Å². The fraction of sp³-hybridized carbons (Fsp3) is 0.273. The minimum absolute atomic E-state index is 0. The summed E-state index contributed by atoms with van der Waals surface area (Å²) < 4.78 is 4.67. The van der Waals surface area contributed by atoms with Crippen LogP contribution in [0.1, 0.15) is 23.7 Å². The van der Waals surface area contributed by atoms with E-state index in [1.165, 1.54) is 0 Å². The Balaban J connectivity index is 0.00000196.